The second-order valence-corrected chi connectivity index (χ2v) is 10.0. The molecule has 4 aromatic rings. The summed E-state index contributed by atoms with van der Waals surface area (Å²) in [4.78, 5) is 28.5. The van der Waals surface area contributed by atoms with Gasteiger partial charge in [0.1, 0.15) is 12.9 Å². The highest BCUT2D eigenvalue weighted by Gasteiger charge is 2.95. The van der Waals surface area contributed by atoms with Crippen molar-refractivity contribution in [3.05, 3.63) is 64.0 Å². The van der Waals surface area contributed by atoms with Crippen molar-refractivity contribution in [3.63, 3.8) is 0 Å². The molecule has 5 heterocycles. The molecule has 9 rings (SSSR count). The van der Waals surface area contributed by atoms with Gasteiger partial charge in [0.15, 0.2) is 17.0 Å². The van der Waals surface area contributed by atoms with Crippen molar-refractivity contribution < 1.29 is 4.52 Å². The van der Waals surface area contributed by atoms with Crippen molar-refractivity contribution in [1.82, 2.24) is 29.2 Å². The molecule has 0 radical (unpaired) electrons. The number of aryl methyl sites for hydroxylation is 3. The van der Waals surface area contributed by atoms with Gasteiger partial charge >= 0.3 is 0 Å². The van der Waals surface area contributed by atoms with Crippen molar-refractivity contribution in [2.75, 3.05) is 11.4 Å². The van der Waals surface area contributed by atoms with Gasteiger partial charge in [0.25, 0.3) is 5.56 Å². The van der Waals surface area contributed by atoms with E-state index in [2.05, 4.69) is 38.2 Å². The topological polar surface area (TPSA) is 94.9 Å². The van der Waals surface area contributed by atoms with Gasteiger partial charge in [-0.25, -0.2) is 9.97 Å². The normalized spacial score (nSPS) is 28.8. The van der Waals surface area contributed by atoms with E-state index in [0.717, 1.165) is 12.4 Å². The third kappa shape index (κ3) is 2.20. The summed E-state index contributed by atoms with van der Waals surface area (Å²) in [6.45, 7) is 1.28. The number of hydrogen-bond acceptors (Lipinski definition) is 7. The van der Waals surface area contributed by atoms with Crippen LogP contribution >= 0.6 is 0 Å². The van der Waals surface area contributed by atoms with Gasteiger partial charge in [0, 0.05) is 31.2 Å². The molecule has 4 fully saturated rings. The zero-order valence-corrected chi connectivity index (χ0v) is 18.3. The van der Waals surface area contributed by atoms with E-state index < -0.39 is 0 Å². The Bertz CT molecular complexity index is 1510. The van der Waals surface area contributed by atoms with E-state index in [0.29, 0.717) is 34.9 Å². The molecule has 3 aliphatic carbocycles. The first kappa shape index (κ1) is 18.0. The largest absolute Gasteiger partial charge is 0.367 e. The van der Waals surface area contributed by atoms with Gasteiger partial charge in [-0.3, -0.25) is 9.36 Å². The number of fused-ring (bicyclic) bond motifs is 3. The summed E-state index contributed by atoms with van der Waals surface area (Å²) in [6, 6.07) is 7.52. The number of nitrogens with zero attached hydrogens (tertiary/aromatic N) is 7. The van der Waals surface area contributed by atoms with Crippen LogP contribution in [0.5, 0.6) is 0 Å². The van der Waals surface area contributed by atoms with Crippen LogP contribution in [0.15, 0.2) is 40.2 Å². The van der Waals surface area contributed by atoms with Crippen LogP contribution in [-0.4, -0.2) is 41.8 Å². The van der Waals surface area contributed by atoms with Gasteiger partial charge in [0.2, 0.25) is 5.89 Å². The Hall–Kier alpha value is -3.49. The molecule has 4 atom stereocenters. The molecule has 166 valence electrons. The maximum absolute atomic E-state index is 12.8. The average Bonchev–Trinajstić information content (AvgIpc) is 3.29. The van der Waals surface area contributed by atoms with Gasteiger partial charge in [-0.05, 0) is 54.9 Å². The lowest BCUT2D eigenvalue weighted by molar-refractivity contribution is 0.362. The van der Waals surface area contributed by atoms with Crippen LogP contribution in [0.4, 0.5) is 5.69 Å². The second kappa shape index (κ2) is 5.89. The zero-order valence-electron chi connectivity index (χ0n) is 18.3. The third-order valence-corrected chi connectivity index (χ3v) is 8.46. The van der Waals surface area contributed by atoms with Gasteiger partial charge in [-0.1, -0.05) is 11.2 Å². The molecule has 2 saturated heterocycles. The minimum Gasteiger partial charge on any atom is -0.367 e. The number of hydrogen-bond donors (Lipinski definition) is 0. The van der Waals surface area contributed by atoms with Crippen molar-refractivity contribution in [1.29, 1.82) is 0 Å². The monoisotopic (exact) mass is 441 g/mol. The first-order valence-electron chi connectivity index (χ1n) is 11.7. The smallest absolute Gasteiger partial charge is 0.280 e. The Morgan fingerprint density at radius 2 is 2.00 bits per heavy atom. The maximum atomic E-state index is 12.8. The van der Waals surface area contributed by atoms with Crippen molar-refractivity contribution in [2.24, 2.45) is 18.9 Å². The van der Waals surface area contributed by atoms with Crippen LogP contribution in [0.3, 0.4) is 0 Å². The Morgan fingerprint density at radius 3 is 2.88 bits per heavy atom. The Kier molecular flexibility index (Phi) is 3.21. The van der Waals surface area contributed by atoms with E-state index >= 15 is 0 Å². The number of benzene rings is 1. The molecular formula is C24H23N7O2. The van der Waals surface area contributed by atoms with E-state index in [1.807, 2.05) is 0 Å². The molecule has 3 aromatic heterocycles. The van der Waals surface area contributed by atoms with Crippen molar-refractivity contribution in [2.45, 2.75) is 43.7 Å². The fraction of sp³-hybridized carbons (Fsp3) is 0.458. The number of rotatable bonds is 4. The number of imidazole rings is 1. The summed E-state index contributed by atoms with van der Waals surface area (Å²) in [7, 11) is 1.79. The van der Waals surface area contributed by atoms with Crippen LogP contribution in [0, 0.1) is 11.8 Å². The van der Waals surface area contributed by atoms with E-state index in [-0.39, 0.29) is 17.5 Å². The molecule has 2 unspecified atom stereocenters. The van der Waals surface area contributed by atoms with Crippen LogP contribution in [0.2, 0.25) is 0 Å². The third-order valence-electron chi connectivity index (χ3n) is 8.46. The van der Waals surface area contributed by atoms with Crippen LogP contribution in [0.1, 0.15) is 35.7 Å². The predicted molar refractivity (Wildman–Crippen MR) is 119 cm³/mol. The van der Waals surface area contributed by atoms with E-state index in [1.165, 1.54) is 53.4 Å². The van der Waals surface area contributed by atoms with E-state index in [1.54, 1.807) is 17.9 Å². The lowest BCUT2D eigenvalue weighted by Gasteiger charge is -2.23. The quantitative estimate of drug-likeness (QED) is 0.477. The summed E-state index contributed by atoms with van der Waals surface area (Å²) in [6.07, 6.45) is 8.12. The molecule has 5 aliphatic rings. The molecule has 9 heteroatoms. The SMILES string of the molecule is Cn1cnc2ncn(Cc3nc([C@@]45C6C4N(c4ccc7c(c4)CCCC7)C[C@@H]65)no3)c(=O)c21. The summed E-state index contributed by atoms with van der Waals surface area (Å²) >= 11 is 0. The maximum Gasteiger partial charge on any atom is 0.280 e. The molecule has 1 aromatic carbocycles. The molecule has 2 bridgehead atoms. The fourth-order valence-electron chi connectivity index (χ4n) is 6.73. The van der Waals surface area contributed by atoms with Crippen molar-refractivity contribution in [3.8, 4) is 0 Å². The fourth-order valence-corrected chi connectivity index (χ4v) is 6.73. The minimum atomic E-state index is -0.160. The second-order valence-electron chi connectivity index (χ2n) is 10.0. The molecule has 0 N–H and O–H groups in total. The molecule has 0 spiro atoms. The Morgan fingerprint density at radius 1 is 1.15 bits per heavy atom. The lowest BCUT2D eigenvalue weighted by atomic mass is 9.91. The molecular weight excluding hydrogens is 418 g/mol. The number of aromatic nitrogens is 6. The number of piperidine rings is 1. The highest BCUT2D eigenvalue weighted by molar-refractivity contribution is 5.69. The highest BCUT2D eigenvalue weighted by Crippen LogP contribution is 2.85. The minimum absolute atomic E-state index is 0.0485. The summed E-state index contributed by atoms with van der Waals surface area (Å²) in [5.74, 6) is 2.50. The summed E-state index contributed by atoms with van der Waals surface area (Å²) in [5, 5.41) is 4.36. The first-order chi connectivity index (χ1) is 16.2. The average molecular weight is 441 g/mol. The molecule has 2 aliphatic heterocycles. The number of anilines is 1. The van der Waals surface area contributed by atoms with Crippen LogP contribution in [0.25, 0.3) is 11.2 Å². The Labute approximate surface area is 189 Å². The molecule has 9 nitrogen and oxygen atoms in total. The lowest BCUT2D eigenvalue weighted by Crippen LogP contribution is -2.24. The summed E-state index contributed by atoms with van der Waals surface area (Å²) in [5.41, 5.74) is 5.20. The molecule has 33 heavy (non-hydrogen) atoms. The summed E-state index contributed by atoms with van der Waals surface area (Å²) < 4.78 is 8.78. The van der Waals surface area contributed by atoms with Gasteiger partial charge < -0.3 is 14.0 Å². The Balaban J connectivity index is 1.06. The van der Waals surface area contributed by atoms with Gasteiger partial charge in [-0.15, -0.1) is 0 Å². The van der Waals surface area contributed by atoms with Crippen molar-refractivity contribution >= 4 is 16.9 Å². The highest BCUT2D eigenvalue weighted by atomic mass is 16.5. The van der Waals surface area contributed by atoms with Gasteiger partial charge in [-0.2, -0.15) is 4.98 Å². The van der Waals surface area contributed by atoms with Crippen LogP contribution < -0.4 is 10.5 Å². The van der Waals surface area contributed by atoms with Crippen LogP contribution in [-0.2, 0) is 31.8 Å². The molecule has 2 saturated carbocycles. The van der Waals surface area contributed by atoms with E-state index in [4.69, 9.17) is 9.51 Å². The zero-order chi connectivity index (χ0) is 21.9. The molecule has 0 amide bonds. The predicted octanol–water partition coefficient (Wildman–Crippen LogP) is 1.83. The van der Waals surface area contributed by atoms with E-state index in [9.17, 15) is 4.79 Å². The first-order valence-corrected chi connectivity index (χ1v) is 11.7. The standard InChI is InChI=1S/C24H23N7O2/c1-29-11-25-21-19(29)22(32)30(12-26-21)10-17-27-23(28-33-17)24-16-9-31(20(24)18(16)24)15-7-6-13-4-2-3-5-14(13)8-15/h6-8,11-12,16,18,20H,2-5,9-10H2,1H3/t16-,18?,20?,24-/m0/s1. The van der Waals surface area contributed by atoms with Gasteiger partial charge in [0.05, 0.1) is 11.7 Å².